The largest absolute Gasteiger partial charge is 0.381 e. The van der Waals surface area contributed by atoms with Gasteiger partial charge < -0.3 is 10.1 Å². The molecule has 0 saturated carbocycles. The molecular formula is C12H23NO. The van der Waals surface area contributed by atoms with Gasteiger partial charge in [-0.3, -0.25) is 0 Å². The second-order valence-corrected chi connectivity index (χ2v) is 4.90. The van der Waals surface area contributed by atoms with E-state index in [2.05, 4.69) is 12.2 Å². The average Bonchev–Trinajstić information content (AvgIpc) is 2.30. The minimum atomic E-state index is 0.918. The summed E-state index contributed by atoms with van der Waals surface area (Å²) >= 11 is 0. The van der Waals surface area contributed by atoms with Crippen molar-refractivity contribution in [3.8, 4) is 0 Å². The highest BCUT2D eigenvalue weighted by Gasteiger charge is 2.27. The molecule has 0 bridgehead atoms. The quantitative estimate of drug-likeness (QED) is 0.731. The van der Waals surface area contributed by atoms with E-state index >= 15 is 0 Å². The van der Waals surface area contributed by atoms with E-state index in [0.29, 0.717) is 0 Å². The number of rotatable bonds is 2. The average molecular weight is 197 g/mol. The molecule has 2 rings (SSSR count). The first kappa shape index (κ1) is 10.4. The molecule has 0 aliphatic carbocycles. The van der Waals surface area contributed by atoms with Gasteiger partial charge >= 0.3 is 0 Å². The van der Waals surface area contributed by atoms with E-state index in [1.807, 2.05) is 0 Å². The van der Waals surface area contributed by atoms with Crippen LogP contribution in [0.1, 0.15) is 32.6 Å². The minimum Gasteiger partial charge on any atom is -0.381 e. The maximum Gasteiger partial charge on any atom is 0.0468 e. The van der Waals surface area contributed by atoms with Crippen molar-refractivity contribution in [3.05, 3.63) is 0 Å². The highest BCUT2D eigenvalue weighted by molar-refractivity contribution is 4.79. The fraction of sp³-hybridized carbons (Fsp3) is 1.00. The van der Waals surface area contributed by atoms with Gasteiger partial charge in [-0.05, 0) is 56.5 Å². The van der Waals surface area contributed by atoms with Crippen LogP contribution >= 0.6 is 0 Å². The molecule has 1 unspecified atom stereocenters. The zero-order valence-corrected chi connectivity index (χ0v) is 9.30. The Labute approximate surface area is 87.4 Å². The van der Waals surface area contributed by atoms with Crippen molar-refractivity contribution in [3.63, 3.8) is 0 Å². The Morgan fingerprint density at radius 1 is 1.00 bits per heavy atom. The summed E-state index contributed by atoms with van der Waals surface area (Å²) in [5, 5.41) is 3.45. The Morgan fingerprint density at radius 3 is 2.21 bits per heavy atom. The summed E-state index contributed by atoms with van der Waals surface area (Å²) in [6, 6.07) is 0. The number of hydrogen-bond donors (Lipinski definition) is 1. The Hall–Kier alpha value is -0.0800. The van der Waals surface area contributed by atoms with Crippen molar-refractivity contribution < 1.29 is 4.74 Å². The normalized spacial score (nSPS) is 28.9. The van der Waals surface area contributed by atoms with Crippen LogP contribution in [0.15, 0.2) is 0 Å². The molecule has 0 radical (unpaired) electrons. The van der Waals surface area contributed by atoms with E-state index in [-0.39, 0.29) is 0 Å². The first-order chi connectivity index (χ1) is 6.88. The van der Waals surface area contributed by atoms with E-state index in [1.54, 1.807) is 0 Å². The van der Waals surface area contributed by atoms with Crippen molar-refractivity contribution in [2.75, 3.05) is 26.3 Å². The van der Waals surface area contributed by atoms with Crippen molar-refractivity contribution >= 4 is 0 Å². The van der Waals surface area contributed by atoms with Crippen LogP contribution in [-0.4, -0.2) is 26.3 Å². The van der Waals surface area contributed by atoms with Crippen molar-refractivity contribution in [2.45, 2.75) is 32.6 Å². The molecule has 82 valence electrons. The molecule has 0 aromatic carbocycles. The molecule has 0 spiro atoms. The van der Waals surface area contributed by atoms with Crippen LogP contribution < -0.4 is 5.32 Å². The van der Waals surface area contributed by atoms with Crippen LogP contribution in [0.25, 0.3) is 0 Å². The zero-order chi connectivity index (χ0) is 9.80. The summed E-state index contributed by atoms with van der Waals surface area (Å²) in [6.07, 6.45) is 5.37. The predicted molar refractivity (Wildman–Crippen MR) is 58.3 cm³/mol. The third kappa shape index (κ3) is 2.48. The van der Waals surface area contributed by atoms with Crippen LogP contribution in [0.2, 0.25) is 0 Å². The predicted octanol–water partition coefficient (Wildman–Crippen LogP) is 2.05. The smallest absolute Gasteiger partial charge is 0.0468 e. The molecular weight excluding hydrogens is 174 g/mol. The molecule has 1 N–H and O–H groups in total. The van der Waals surface area contributed by atoms with Gasteiger partial charge in [-0.15, -0.1) is 0 Å². The molecule has 2 heterocycles. The van der Waals surface area contributed by atoms with E-state index in [9.17, 15) is 0 Å². The van der Waals surface area contributed by atoms with Crippen LogP contribution in [-0.2, 0) is 4.74 Å². The lowest BCUT2D eigenvalue weighted by atomic mass is 9.75. The third-order valence-electron chi connectivity index (χ3n) is 4.14. The molecule has 2 aliphatic rings. The topological polar surface area (TPSA) is 21.3 Å². The van der Waals surface area contributed by atoms with Gasteiger partial charge in [-0.2, -0.15) is 0 Å². The number of ether oxygens (including phenoxy) is 1. The summed E-state index contributed by atoms with van der Waals surface area (Å²) in [5.74, 6) is 2.83. The first-order valence-electron chi connectivity index (χ1n) is 6.16. The SMILES string of the molecule is CC(C1CCNCC1)C1CCOCC1. The fourth-order valence-corrected chi connectivity index (χ4v) is 3.00. The Balaban J connectivity index is 1.82. The Morgan fingerprint density at radius 2 is 1.57 bits per heavy atom. The molecule has 2 saturated heterocycles. The van der Waals surface area contributed by atoms with Gasteiger partial charge in [-0.1, -0.05) is 6.92 Å². The second-order valence-electron chi connectivity index (χ2n) is 4.90. The molecule has 2 nitrogen and oxygen atoms in total. The molecule has 1 atom stereocenters. The highest BCUT2D eigenvalue weighted by Crippen LogP contribution is 2.33. The Kier molecular flexibility index (Phi) is 3.82. The summed E-state index contributed by atoms with van der Waals surface area (Å²) in [6.45, 7) is 6.93. The standard InChI is InChI=1S/C12H23NO/c1-10(11-2-6-13-7-3-11)12-4-8-14-9-5-12/h10-13H,2-9H2,1H3. The summed E-state index contributed by atoms with van der Waals surface area (Å²) in [7, 11) is 0. The number of piperidine rings is 1. The van der Waals surface area contributed by atoms with Gasteiger partial charge in [0.1, 0.15) is 0 Å². The van der Waals surface area contributed by atoms with Crippen LogP contribution in [0.3, 0.4) is 0 Å². The van der Waals surface area contributed by atoms with Gasteiger partial charge in [0, 0.05) is 13.2 Å². The lowest BCUT2D eigenvalue weighted by Crippen LogP contribution is -2.34. The van der Waals surface area contributed by atoms with E-state index in [0.717, 1.165) is 31.0 Å². The fourth-order valence-electron chi connectivity index (χ4n) is 3.00. The Bertz CT molecular complexity index is 142. The maximum atomic E-state index is 5.42. The molecule has 14 heavy (non-hydrogen) atoms. The van der Waals surface area contributed by atoms with Crippen molar-refractivity contribution in [2.24, 2.45) is 17.8 Å². The minimum absolute atomic E-state index is 0.918. The van der Waals surface area contributed by atoms with Crippen LogP contribution in [0.5, 0.6) is 0 Å². The van der Waals surface area contributed by atoms with Gasteiger partial charge in [0.25, 0.3) is 0 Å². The van der Waals surface area contributed by atoms with Gasteiger partial charge in [0.2, 0.25) is 0 Å². The van der Waals surface area contributed by atoms with Crippen molar-refractivity contribution in [1.82, 2.24) is 5.32 Å². The molecule has 0 aromatic heterocycles. The first-order valence-corrected chi connectivity index (χ1v) is 6.16. The second kappa shape index (κ2) is 5.13. The number of nitrogens with one attached hydrogen (secondary N) is 1. The molecule has 2 heteroatoms. The zero-order valence-electron chi connectivity index (χ0n) is 9.30. The lowest BCUT2D eigenvalue weighted by Gasteiger charge is -2.35. The molecule has 0 amide bonds. The monoisotopic (exact) mass is 197 g/mol. The van der Waals surface area contributed by atoms with Gasteiger partial charge in [0.05, 0.1) is 0 Å². The van der Waals surface area contributed by atoms with Gasteiger partial charge in [-0.25, -0.2) is 0 Å². The lowest BCUT2D eigenvalue weighted by molar-refractivity contribution is 0.0343. The number of hydrogen-bond acceptors (Lipinski definition) is 2. The van der Waals surface area contributed by atoms with E-state index in [4.69, 9.17) is 4.74 Å². The van der Waals surface area contributed by atoms with Crippen LogP contribution in [0, 0.1) is 17.8 Å². The van der Waals surface area contributed by atoms with E-state index < -0.39 is 0 Å². The highest BCUT2D eigenvalue weighted by atomic mass is 16.5. The maximum absolute atomic E-state index is 5.42. The summed E-state index contributed by atoms with van der Waals surface area (Å²) < 4.78 is 5.42. The van der Waals surface area contributed by atoms with E-state index in [1.165, 1.54) is 38.8 Å². The van der Waals surface area contributed by atoms with Crippen molar-refractivity contribution in [1.29, 1.82) is 0 Å². The van der Waals surface area contributed by atoms with Gasteiger partial charge in [0.15, 0.2) is 0 Å². The third-order valence-corrected chi connectivity index (χ3v) is 4.14. The summed E-state index contributed by atoms with van der Waals surface area (Å²) in [4.78, 5) is 0. The summed E-state index contributed by atoms with van der Waals surface area (Å²) in [5.41, 5.74) is 0. The molecule has 2 fully saturated rings. The molecule has 0 aromatic rings. The molecule has 2 aliphatic heterocycles. The van der Waals surface area contributed by atoms with Crippen LogP contribution in [0.4, 0.5) is 0 Å².